The molecule has 6 heteroatoms. The fraction of sp³-hybridized carbons (Fsp3) is 0.133. The zero-order chi connectivity index (χ0) is 14.8. The van der Waals surface area contributed by atoms with E-state index < -0.39 is 0 Å². The lowest BCUT2D eigenvalue weighted by Crippen LogP contribution is -2.11. The van der Waals surface area contributed by atoms with Gasteiger partial charge in [-0.05, 0) is 19.9 Å². The van der Waals surface area contributed by atoms with Gasteiger partial charge in [-0.3, -0.25) is 10.1 Å². The van der Waals surface area contributed by atoms with Crippen LogP contribution in [-0.2, 0) is 0 Å². The van der Waals surface area contributed by atoms with Crippen molar-refractivity contribution in [2.24, 2.45) is 0 Å². The summed E-state index contributed by atoms with van der Waals surface area (Å²) in [5, 5.41) is 3.22. The maximum atomic E-state index is 12.2. The second-order valence-electron chi connectivity index (χ2n) is 4.57. The van der Waals surface area contributed by atoms with Gasteiger partial charge in [-0.2, -0.15) is 9.36 Å². The van der Waals surface area contributed by atoms with E-state index in [1.54, 1.807) is 13.0 Å². The number of carbonyl (C=O) groups is 1. The lowest BCUT2D eigenvalue weighted by Gasteiger charge is -1.98. The van der Waals surface area contributed by atoms with E-state index in [4.69, 9.17) is 4.42 Å². The van der Waals surface area contributed by atoms with E-state index in [-0.39, 0.29) is 5.91 Å². The summed E-state index contributed by atoms with van der Waals surface area (Å²) in [6.45, 7) is 3.57. The Morgan fingerprint density at radius 2 is 2.00 bits per heavy atom. The number of benzene rings is 1. The largest absolute Gasteiger partial charge is 0.466 e. The van der Waals surface area contributed by atoms with Crippen LogP contribution < -0.4 is 5.32 Å². The van der Waals surface area contributed by atoms with E-state index in [0.29, 0.717) is 28.0 Å². The number of amides is 1. The van der Waals surface area contributed by atoms with Gasteiger partial charge in [-0.25, -0.2) is 0 Å². The summed E-state index contributed by atoms with van der Waals surface area (Å²) < 4.78 is 9.61. The number of nitrogens with one attached hydrogen (secondary N) is 1. The van der Waals surface area contributed by atoms with Crippen LogP contribution in [0, 0.1) is 13.8 Å². The minimum Gasteiger partial charge on any atom is -0.466 e. The molecule has 1 amide bonds. The fourth-order valence-corrected chi connectivity index (χ4v) is 2.58. The summed E-state index contributed by atoms with van der Waals surface area (Å²) >= 11 is 1.16. The van der Waals surface area contributed by atoms with E-state index in [1.807, 2.05) is 37.3 Å². The molecule has 1 aromatic carbocycles. The first kappa shape index (κ1) is 13.5. The van der Waals surface area contributed by atoms with Crippen LogP contribution in [-0.4, -0.2) is 15.3 Å². The van der Waals surface area contributed by atoms with Gasteiger partial charge in [0.05, 0.1) is 5.56 Å². The van der Waals surface area contributed by atoms with Crippen LogP contribution in [0.2, 0.25) is 0 Å². The van der Waals surface area contributed by atoms with Crippen molar-refractivity contribution in [1.82, 2.24) is 9.36 Å². The summed E-state index contributed by atoms with van der Waals surface area (Å²) in [5.41, 5.74) is 1.44. The van der Waals surface area contributed by atoms with E-state index in [9.17, 15) is 4.79 Å². The predicted octanol–water partition coefficient (Wildman–Crippen LogP) is 3.67. The first-order valence-corrected chi connectivity index (χ1v) is 7.18. The maximum Gasteiger partial charge on any atom is 0.261 e. The Morgan fingerprint density at radius 3 is 2.67 bits per heavy atom. The average Bonchev–Trinajstić information content (AvgIpc) is 3.06. The van der Waals surface area contributed by atoms with Crippen molar-refractivity contribution in [3.63, 3.8) is 0 Å². The summed E-state index contributed by atoms with van der Waals surface area (Å²) in [4.78, 5) is 16.5. The number of furan rings is 1. The standard InChI is InChI=1S/C15H13N3O2S/c1-9-8-12(10(2)20-9)14(19)17-15-16-13(18-21-15)11-6-4-3-5-7-11/h3-8H,1-2H3,(H,16,17,18,19). The molecule has 21 heavy (non-hydrogen) atoms. The Bertz CT molecular complexity index is 777. The van der Waals surface area contributed by atoms with Crippen molar-refractivity contribution in [1.29, 1.82) is 0 Å². The summed E-state index contributed by atoms with van der Waals surface area (Å²) in [6, 6.07) is 11.3. The Hall–Kier alpha value is -2.47. The zero-order valence-corrected chi connectivity index (χ0v) is 12.4. The van der Waals surface area contributed by atoms with Gasteiger partial charge in [0.1, 0.15) is 11.5 Å². The highest BCUT2D eigenvalue weighted by atomic mass is 32.1. The van der Waals surface area contributed by atoms with Gasteiger partial charge in [0.2, 0.25) is 5.13 Å². The monoisotopic (exact) mass is 299 g/mol. The molecule has 0 atom stereocenters. The van der Waals surface area contributed by atoms with Gasteiger partial charge in [0.15, 0.2) is 5.82 Å². The maximum absolute atomic E-state index is 12.2. The number of aromatic nitrogens is 2. The van der Waals surface area contributed by atoms with Gasteiger partial charge >= 0.3 is 0 Å². The van der Waals surface area contributed by atoms with Crippen molar-refractivity contribution in [2.45, 2.75) is 13.8 Å². The number of anilines is 1. The quantitative estimate of drug-likeness (QED) is 0.801. The zero-order valence-electron chi connectivity index (χ0n) is 11.6. The third-order valence-electron chi connectivity index (χ3n) is 2.96. The topological polar surface area (TPSA) is 68.0 Å². The molecular weight excluding hydrogens is 286 g/mol. The number of hydrogen-bond donors (Lipinski definition) is 1. The predicted molar refractivity (Wildman–Crippen MR) is 81.5 cm³/mol. The molecule has 0 saturated heterocycles. The van der Waals surface area contributed by atoms with Gasteiger partial charge in [0, 0.05) is 17.1 Å². The molecule has 0 saturated carbocycles. The molecule has 0 aliphatic carbocycles. The molecule has 0 aliphatic rings. The van der Waals surface area contributed by atoms with Crippen molar-refractivity contribution >= 4 is 22.6 Å². The van der Waals surface area contributed by atoms with Crippen LogP contribution in [0.15, 0.2) is 40.8 Å². The smallest absolute Gasteiger partial charge is 0.261 e. The van der Waals surface area contributed by atoms with Gasteiger partial charge in [0.25, 0.3) is 5.91 Å². The minimum absolute atomic E-state index is 0.236. The Labute approximate surface area is 125 Å². The van der Waals surface area contributed by atoms with Crippen molar-refractivity contribution in [3.05, 3.63) is 53.5 Å². The molecule has 0 unspecified atom stereocenters. The third-order valence-corrected chi connectivity index (χ3v) is 3.59. The van der Waals surface area contributed by atoms with Crippen molar-refractivity contribution in [3.8, 4) is 11.4 Å². The molecule has 0 bridgehead atoms. The van der Waals surface area contributed by atoms with Gasteiger partial charge in [-0.15, -0.1) is 0 Å². The van der Waals surface area contributed by atoms with Crippen LogP contribution in [0.25, 0.3) is 11.4 Å². The molecule has 1 N–H and O–H groups in total. The normalized spacial score (nSPS) is 10.6. The number of rotatable bonds is 3. The highest BCUT2D eigenvalue weighted by molar-refractivity contribution is 7.10. The summed E-state index contributed by atoms with van der Waals surface area (Å²) in [7, 11) is 0. The van der Waals surface area contributed by atoms with Crippen LogP contribution in [0.4, 0.5) is 5.13 Å². The number of hydrogen-bond acceptors (Lipinski definition) is 5. The Kier molecular flexibility index (Phi) is 3.53. The first-order chi connectivity index (χ1) is 10.1. The van der Waals surface area contributed by atoms with Crippen molar-refractivity contribution in [2.75, 3.05) is 5.32 Å². The van der Waals surface area contributed by atoms with Crippen molar-refractivity contribution < 1.29 is 9.21 Å². The Balaban J connectivity index is 1.79. The highest BCUT2D eigenvalue weighted by Crippen LogP contribution is 2.22. The number of aryl methyl sites for hydroxylation is 2. The first-order valence-electron chi connectivity index (χ1n) is 6.41. The van der Waals surface area contributed by atoms with Crippen LogP contribution in [0.5, 0.6) is 0 Å². The molecule has 3 aromatic rings. The molecule has 2 heterocycles. The van der Waals surface area contributed by atoms with E-state index in [2.05, 4.69) is 14.7 Å². The van der Waals surface area contributed by atoms with Gasteiger partial charge < -0.3 is 4.42 Å². The molecule has 0 fully saturated rings. The minimum atomic E-state index is -0.236. The van der Waals surface area contributed by atoms with Crippen LogP contribution in [0.3, 0.4) is 0 Å². The molecular formula is C15H13N3O2S. The molecule has 5 nitrogen and oxygen atoms in total. The average molecular weight is 299 g/mol. The molecule has 0 aliphatic heterocycles. The molecule has 106 valence electrons. The lowest BCUT2D eigenvalue weighted by atomic mass is 10.2. The van der Waals surface area contributed by atoms with Gasteiger partial charge in [-0.1, -0.05) is 30.3 Å². The lowest BCUT2D eigenvalue weighted by molar-refractivity contribution is 0.102. The SMILES string of the molecule is Cc1cc(C(=O)Nc2nc(-c3ccccc3)ns2)c(C)o1. The second-order valence-corrected chi connectivity index (χ2v) is 5.32. The number of nitrogens with zero attached hydrogens (tertiary/aromatic N) is 2. The van der Waals surface area contributed by atoms with E-state index in [1.165, 1.54) is 0 Å². The summed E-state index contributed by atoms with van der Waals surface area (Å²) in [6.07, 6.45) is 0. The molecule has 0 spiro atoms. The second kappa shape index (κ2) is 5.49. The third kappa shape index (κ3) is 2.85. The van der Waals surface area contributed by atoms with E-state index >= 15 is 0 Å². The molecule has 2 aromatic heterocycles. The molecule has 0 radical (unpaired) electrons. The summed E-state index contributed by atoms with van der Waals surface area (Å²) in [5.74, 6) is 1.67. The van der Waals surface area contributed by atoms with Crippen LogP contribution >= 0.6 is 11.5 Å². The highest BCUT2D eigenvalue weighted by Gasteiger charge is 2.15. The van der Waals surface area contributed by atoms with E-state index in [0.717, 1.165) is 17.1 Å². The fourth-order valence-electron chi connectivity index (χ4n) is 2.00. The Morgan fingerprint density at radius 1 is 1.24 bits per heavy atom. The molecule has 3 rings (SSSR count). The number of carbonyl (C=O) groups excluding carboxylic acids is 1. The van der Waals surface area contributed by atoms with Crippen LogP contribution in [0.1, 0.15) is 21.9 Å².